The molecule has 17 heavy (non-hydrogen) atoms. The van der Waals surface area contributed by atoms with Crippen LogP contribution in [0.1, 0.15) is 36.6 Å². The maximum absolute atomic E-state index is 10.3. The number of hydrogen-bond acceptors (Lipinski definition) is 4. The lowest BCUT2D eigenvalue weighted by atomic mass is 9.92. The third kappa shape index (κ3) is 2.39. The van der Waals surface area contributed by atoms with E-state index in [2.05, 4.69) is 11.4 Å². The molecule has 2 unspecified atom stereocenters. The predicted molar refractivity (Wildman–Crippen MR) is 69.3 cm³/mol. The Morgan fingerprint density at radius 3 is 3.35 bits per heavy atom. The zero-order valence-electron chi connectivity index (χ0n) is 9.95. The molecule has 2 aliphatic rings. The number of aryl methyl sites for hydroxylation is 1. The number of thioether (sulfide) groups is 1. The summed E-state index contributed by atoms with van der Waals surface area (Å²) in [6, 6.07) is 2.44. The number of hydrogen-bond donors (Lipinski definition) is 2. The van der Waals surface area contributed by atoms with Gasteiger partial charge in [0.1, 0.15) is 5.76 Å². The van der Waals surface area contributed by atoms with Crippen molar-refractivity contribution in [2.45, 2.75) is 37.3 Å². The van der Waals surface area contributed by atoms with Crippen molar-refractivity contribution in [1.29, 1.82) is 0 Å². The molecule has 94 valence electrons. The average Bonchev–Trinajstić information content (AvgIpc) is 2.95. The molecule has 1 aromatic heterocycles. The van der Waals surface area contributed by atoms with E-state index in [1.807, 2.05) is 11.8 Å². The molecule has 1 saturated heterocycles. The van der Waals surface area contributed by atoms with Gasteiger partial charge in [0.25, 0.3) is 0 Å². The van der Waals surface area contributed by atoms with E-state index in [9.17, 15) is 5.11 Å². The minimum Gasteiger partial charge on any atom is -0.469 e. The van der Waals surface area contributed by atoms with E-state index < -0.39 is 5.60 Å². The minimum atomic E-state index is -0.494. The molecule has 2 N–H and O–H groups in total. The monoisotopic (exact) mass is 253 g/mol. The lowest BCUT2D eigenvalue weighted by molar-refractivity contribution is 0.0637. The van der Waals surface area contributed by atoms with E-state index >= 15 is 0 Å². The summed E-state index contributed by atoms with van der Waals surface area (Å²) in [6.45, 7) is 0.704. The molecule has 1 fully saturated rings. The highest BCUT2D eigenvalue weighted by atomic mass is 32.2. The second-order valence-electron chi connectivity index (χ2n) is 5.15. The number of fused-ring (bicyclic) bond motifs is 1. The fraction of sp³-hybridized carbons (Fsp3) is 0.692. The molecule has 0 aromatic carbocycles. The fourth-order valence-electron chi connectivity index (χ4n) is 2.75. The van der Waals surface area contributed by atoms with Gasteiger partial charge in [0.15, 0.2) is 0 Å². The zero-order valence-corrected chi connectivity index (χ0v) is 10.8. The average molecular weight is 253 g/mol. The molecule has 2 atom stereocenters. The van der Waals surface area contributed by atoms with Crippen LogP contribution in [0.2, 0.25) is 0 Å². The summed E-state index contributed by atoms with van der Waals surface area (Å²) in [4.78, 5) is 0. The minimum absolute atomic E-state index is 0.368. The van der Waals surface area contributed by atoms with Crippen molar-refractivity contribution < 1.29 is 9.52 Å². The highest BCUT2D eigenvalue weighted by molar-refractivity contribution is 7.99. The van der Waals surface area contributed by atoms with Crippen LogP contribution in [-0.2, 0) is 6.42 Å². The van der Waals surface area contributed by atoms with Crippen LogP contribution in [-0.4, -0.2) is 28.8 Å². The lowest BCUT2D eigenvalue weighted by Gasteiger charge is -2.28. The van der Waals surface area contributed by atoms with E-state index in [-0.39, 0.29) is 0 Å². The van der Waals surface area contributed by atoms with Crippen LogP contribution in [0.15, 0.2) is 16.7 Å². The summed E-state index contributed by atoms with van der Waals surface area (Å²) in [5, 5.41) is 13.8. The van der Waals surface area contributed by atoms with E-state index in [1.165, 1.54) is 12.0 Å². The highest BCUT2D eigenvalue weighted by Gasteiger charge is 2.33. The molecule has 2 heterocycles. The van der Waals surface area contributed by atoms with Gasteiger partial charge in [-0.25, -0.2) is 0 Å². The Bertz CT molecular complexity index is 385. The molecular weight excluding hydrogens is 234 g/mol. The first kappa shape index (κ1) is 11.6. The van der Waals surface area contributed by atoms with Crippen LogP contribution in [0.4, 0.5) is 0 Å². The van der Waals surface area contributed by atoms with Crippen LogP contribution >= 0.6 is 11.8 Å². The van der Waals surface area contributed by atoms with Crippen molar-refractivity contribution in [3.05, 3.63) is 23.7 Å². The first-order valence-electron chi connectivity index (χ1n) is 6.37. The molecule has 0 spiro atoms. The van der Waals surface area contributed by atoms with E-state index in [1.54, 1.807) is 6.26 Å². The molecule has 4 heteroatoms. The van der Waals surface area contributed by atoms with Crippen molar-refractivity contribution in [2.24, 2.45) is 0 Å². The third-order valence-corrected chi connectivity index (χ3v) is 5.05. The Morgan fingerprint density at radius 1 is 1.59 bits per heavy atom. The predicted octanol–water partition coefficient (Wildman–Crippen LogP) is 2.11. The molecule has 1 aliphatic heterocycles. The van der Waals surface area contributed by atoms with Crippen LogP contribution in [0.25, 0.3) is 0 Å². The van der Waals surface area contributed by atoms with Crippen molar-refractivity contribution >= 4 is 11.8 Å². The van der Waals surface area contributed by atoms with Gasteiger partial charge in [0.05, 0.1) is 11.9 Å². The largest absolute Gasteiger partial charge is 0.469 e. The van der Waals surface area contributed by atoms with Gasteiger partial charge in [-0.2, -0.15) is 11.8 Å². The first-order valence-corrected chi connectivity index (χ1v) is 7.52. The van der Waals surface area contributed by atoms with Gasteiger partial charge in [-0.15, -0.1) is 0 Å². The summed E-state index contributed by atoms with van der Waals surface area (Å²) < 4.78 is 5.48. The second kappa shape index (κ2) is 4.67. The van der Waals surface area contributed by atoms with Gasteiger partial charge in [0, 0.05) is 30.3 Å². The van der Waals surface area contributed by atoms with E-state index in [4.69, 9.17) is 4.42 Å². The highest BCUT2D eigenvalue weighted by Crippen LogP contribution is 2.32. The molecule has 3 nitrogen and oxygen atoms in total. The topological polar surface area (TPSA) is 45.4 Å². The summed E-state index contributed by atoms with van der Waals surface area (Å²) in [7, 11) is 0. The van der Waals surface area contributed by atoms with Gasteiger partial charge >= 0.3 is 0 Å². The van der Waals surface area contributed by atoms with Crippen molar-refractivity contribution in [1.82, 2.24) is 5.32 Å². The van der Waals surface area contributed by atoms with Gasteiger partial charge in [-0.05, 0) is 31.1 Å². The lowest BCUT2D eigenvalue weighted by Crippen LogP contribution is -2.42. The third-order valence-electron chi connectivity index (χ3n) is 3.81. The summed E-state index contributed by atoms with van der Waals surface area (Å²) in [5.41, 5.74) is 0.803. The van der Waals surface area contributed by atoms with Gasteiger partial charge in [-0.1, -0.05) is 0 Å². The maximum atomic E-state index is 10.3. The Balaban J connectivity index is 1.63. The van der Waals surface area contributed by atoms with Gasteiger partial charge in [-0.3, -0.25) is 0 Å². The number of furan rings is 1. The summed E-state index contributed by atoms with van der Waals surface area (Å²) in [5.74, 6) is 3.08. The molecule has 3 rings (SSSR count). The molecule has 0 saturated carbocycles. The van der Waals surface area contributed by atoms with Crippen molar-refractivity contribution in [3.8, 4) is 0 Å². The summed E-state index contributed by atoms with van der Waals surface area (Å²) in [6.07, 6.45) is 6.07. The molecular formula is C13H19NO2S. The zero-order chi connectivity index (χ0) is 11.7. The normalized spacial score (nSPS) is 32.6. The van der Waals surface area contributed by atoms with Crippen LogP contribution < -0.4 is 5.32 Å². The van der Waals surface area contributed by atoms with E-state index in [0.717, 1.165) is 36.5 Å². The molecule has 1 aliphatic carbocycles. The molecule has 1 aromatic rings. The second-order valence-corrected chi connectivity index (χ2v) is 6.26. The van der Waals surface area contributed by atoms with Gasteiger partial charge < -0.3 is 14.8 Å². The van der Waals surface area contributed by atoms with Crippen molar-refractivity contribution in [3.63, 3.8) is 0 Å². The van der Waals surface area contributed by atoms with Crippen molar-refractivity contribution in [2.75, 3.05) is 18.1 Å². The Kier molecular flexibility index (Phi) is 3.19. The summed E-state index contributed by atoms with van der Waals surface area (Å²) >= 11 is 1.85. The number of nitrogens with one attached hydrogen (secondary N) is 1. The van der Waals surface area contributed by atoms with Crippen LogP contribution in [0.5, 0.6) is 0 Å². The molecule has 0 amide bonds. The Labute approximate surface area is 106 Å². The van der Waals surface area contributed by atoms with E-state index in [0.29, 0.717) is 12.6 Å². The van der Waals surface area contributed by atoms with Gasteiger partial charge in [0.2, 0.25) is 0 Å². The fourth-order valence-corrected chi connectivity index (χ4v) is 4.04. The SMILES string of the molecule is OC1(CNC2CCCc3occc32)CCSC1. The quantitative estimate of drug-likeness (QED) is 0.866. The smallest absolute Gasteiger partial charge is 0.108 e. The molecule has 0 radical (unpaired) electrons. The number of rotatable bonds is 3. The molecule has 0 bridgehead atoms. The van der Waals surface area contributed by atoms with Crippen LogP contribution in [0.3, 0.4) is 0 Å². The standard InChI is InChI=1S/C13H19NO2S/c15-13(5-7-17-9-13)8-14-11-2-1-3-12-10(11)4-6-16-12/h4,6,11,14-15H,1-3,5,7-9H2. The Morgan fingerprint density at radius 2 is 2.53 bits per heavy atom. The van der Waals surface area contributed by atoms with Crippen LogP contribution in [0, 0.1) is 0 Å². The Hall–Kier alpha value is -0.450. The number of aliphatic hydroxyl groups is 1. The maximum Gasteiger partial charge on any atom is 0.108 e. The first-order chi connectivity index (χ1) is 8.27.